The molecule has 1 fully saturated rings. The molecule has 24 heavy (non-hydrogen) atoms. The Balaban J connectivity index is 1.66. The number of imidazole rings is 1. The second-order valence-corrected chi connectivity index (χ2v) is 7.47. The zero-order valence-electron chi connectivity index (χ0n) is 14.4. The van der Waals surface area contributed by atoms with Gasteiger partial charge in [0.2, 0.25) is 0 Å². The van der Waals surface area contributed by atoms with Crippen molar-refractivity contribution in [3.05, 3.63) is 40.1 Å². The zero-order chi connectivity index (χ0) is 16.9. The van der Waals surface area contributed by atoms with Crippen molar-refractivity contribution in [3.63, 3.8) is 0 Å². The van der Waals surface area contributed by atoms with Gasteiger partial charge in [-0.25, -0.2) is 4.98 Å². The molecule has 1 aliphatic heterocycles. The lowest BCUT2D eigenvalue weighted by Crippen LogP contribution is -2.44. The van der Waals surface area contributed by atoms with Gasteiger partial charge in [-0.3, -0.25) is 4.79 Å². The van der Waals surface area contributed by atoms with Crippen molar-refractivity contribution in [2.75, 3.05) is 13.7 Å². The molecule has 5 nitrogen and oxygen atoms in total. The third kappa shape index (κ3) is 3.87. The maximum Gasteiger partial charge on any atom is 0.264 e. The van der Waals surface area contributed by atoms with Crippen LogP contribution in [0.3, 0.4) is 0 Å². The molecule has 0 N–H and O–H groups in total. The fraction of sp³-hybridized carbons (Fsp3) is 0.556. The summed E-state index contributed by atoms with van der Waals surface area (Å²) in [5, 5.41) is 0. The quantitative estimate of drug-likeness (QED) is 0.804. The number of nitrogens with zero attached hydrogens (tertiary/aromatic N) is 3. The molecule has 1 atom stereocenters. The number of aromatic nitrogens is 2. The van der Waals surface area contributed by atoms with Gasteiger partial charge in [-0.05, 0) is 44.7 Å². The summed E-state index contributed by atoms with van der Waals surface area (Å²) in [6.07, 6.45) is 8.23. The number of likely N-dealkylation sites (tertiary alicyclic amines) is 1. The van der Waals surface area contributed by atoms with Crippen LogP contribution in [0.1, 0.15) is 46.1 Å². The van der Waals surface area contributed by atoms with Crippen LogP contribution in [0, 0.1) is 6.92 Å². The van der Waals surface area contributed by atoms with Crippen LogP contribution < -0.4 is 0 Å². The maximum absolute atomic E-state index is 12.9. The van der Waals surface area contributed by atoms with Crippen molar-refractivity contribution in [3.8, 4) is 0 Å². The summed E-state index contributed by atoms with van der Waals surface area (Å²) in [6, 6.07) is 4.25. The highest BCUT2D eigenvalue weighted by atomic mass is 32.1. The molecule has 3 heterocycles. The van der Waals surface area contributed by atoms with Gasteiger partial charge in [-0.1, -0.05) is 0 Å². The lowest BCUT2D eigenvalue weighted by Gasteiger charge is -2.35. The van der Waals surface area contributed by atoms with Gasteiger partial charge in [-0.2, -0.15) is 0 Å². The average Bonchev–Trinajstić information content (AvgIpc) is 3.22. The normalized spacial score (nSPS) is 18.1. The summed E-state index contributed by atoms with van der Waals surface area (Å²) in [5.41, 5.74) is 0. The molecule has 0 radical (unpaired) electrons. The van der Waals surface area contributed by atoms with E-state index in [9.17, 15) is 4.79 Å². The Bertz CT molecular complexity index is 679. The molecule has 0 spiro atoms. The highest BCUT2D eigenvalue weighted by molar-refractivity contribution is 7.14. The van der Waals surface area contributed by atoms with Crippen LogP contribution in [0.15, 0.2) is 24.5 Å². The number of ether oxygens (including phenoxy) is 1. The monoisotopic (exact) mass is 347 g/mol. The Kier molecular flexibility index (Phi) is 5.68. The Morgan fingerprint density at radius 1 is 1.42 bits per heavy atom. The van der Waals surface area contributed by atoms with Gasteiger partial charge in [0.1, 0.15) is 5.82 Å². The predicted octanol–water partition coefficient (Wildman–Crippen LogP) is 3.48. The first-order chi connectivity index (χ1) is 11.7. The van der Waals surface area contributed by atoms with E-state index in [2.05, 4.69) is 14.5 Å². The summed E-state index contributed by atoms with van der Waals surface area (Å²) < 4.78 is 7.32. The third-order valence-corrected chi connectivity index (χ3v) is 5.72. The molecule has 0 aromatic carbocycles. The number of piperidine rings is 1. The van der Waals surface area contributed by atoms with Crippen LogP contribution >= 0.6 is 11.3 Å². The van der Waals surface area contributed by atoms with Gasteiger partial charge in [0.05, 0.1) is 11.5 Å². The van der Waals surface area contributed by atoms with E-state index >= 15 is 0 Å². The first kappa shape index (κ1) is 17.2. The molecule has 0 unspecified atom stereocenters. The summed E-state index contributed by atoms with van der Waals surface area (Å²) in [7, 11) is 1.68. The first-order valence-corrected chi connectivity index (χ1v) is 9.37. The van der Waals surface area contributed by atoms with Crippen LogP contribution in [0.25, 0.3) is 0 Å². The number of hydrogen-bond acceptors (Lipinski definition) is 4. The van der Waals surface area contributed by atoms with Gasteiger partial charge in [0.15, 0.2) is 0 Å². The summed E-state index contributed by atoms with van der Waals surface area (Å²) in [6.45, 7) is 4.37. The van der Waals surface area contributed by atoms with Crippen molar-refractivity contribution < 1.29 is 9.53 Å². The molecule has 0 bridgehead atoms. The number of methoxy groups -OCH3 is 1. The number of aryl methyl sites for hydroxylation is 2. The van der Waals surface area contributed by atoms with E-state index in [1.54, 1.807) is 18.4 Å². The van der Waals surface area contributed by atoms with Crippen molar-refractivity contribution in [2.24, 2.45) is 0 Å². The second-order valence-electron chi connectivity index (χ2n) is 6.30. The van der Waals surface area contributed by atoms with Crippen LogP contribution in [-0.2, 0) is 17.9 Å². The number of amides is 1. The van der Waals surface area contributed by atoms with Crippen LogP contribution in [0.2, 0.25) is 0 Å². The molecule has 0 aliphatic carbocycles. The Hall–Kier alpha value is -1.66. The van der Waals surface area contributed by atoms with E-state index < -0.39 is 0 Å². The Labute approximate surface area is 147 Å². The molecule has 2 aromatic heterocycles. The van der Waals surface area contributed by atoms with Gasteiger partial charge in [0, 0.05) is 43.5 Å². The van der Waals surface area contributed by atoms with E-state index in [1.165, 1.54) is 6.42 Å². The number of carbonyl (C=O) groups excluding carboxylic acids is 1. The minimum absolute atomic E-state index is 0.175. The van der Waals surface area contributed by atoms with E-state index in [0.29, 0.717) is 12.6 Å². The highest BCUT2D eigenvalue weighted by Crippen LogP contribution is 2.26. The SMILES string of the molecule is COCc1ccc(C(=O)N2CCCC[C@H]2CCn2ccnc2C)s1. The fourth-order valence-corrected chi connectivity index (χ4v) is 4.29. The highest BCUT2D eigenvalue weighted by Gasteiger charge is 2.28. The average molecular weight is 347 g/mol. The van der Waals surface area contributed by atoms with E-state index in [0.717, 1.165) is 47.9 Å². The third-order valence-electron chi connectivity index (χ3n) is 4.67. The van der Waals surface area contributed by atoms with Crippen molar-refractivity contribution in [2.45, 2.75) is 51.8 Å². The molecule has 0 saturated carbocycles. The molecule has 6 heteroatoms. The van der Waals surface area contributed by atoms with E-state index in [1.807, 2.05) is 31.5 Å². The topological polar surface area (TPSA) is 47.4 Å². The minimum atomic E-state index is 0.175. The summed E-state index contributed by atoms with van der Waals surface area (Å²) in [5.74, 6) is 1.21. The number of rotatable bonds is 6. The van der Waals surface area contributed by atoms with Crippen molar-refractivity contribution >= 4 is 17.2 Å². The Morgan fingerprint density at radius 2 is 2.29 bits per heavy atom. The van der Waals surface area contributed by atoms with Crippen molar-refractivity contribution in [1.29, 1.82) is 0 Å². The standard InChI is InChI=1S/C18H25N3O2S/c1-14-19-9-12-20(14)11-8-15-5-3-4-10-21(15)18(22)17-7-6-16(24-17)13-23-2/h6-7,9,12,15H,3-5,8,10-11,13H2,1-2H3/t15-/m0/s1. The summed E-state index contributed by atoms with van der Waals surface area (Å²) >= 11 is 1.55. The molecule has 1 aliphatic rings. The van der Waals surface area contributed by atoms with Gasteiger partial charge < -0.3 is 14.2 Å². The van der Waals surface area contributed by atoms with Crippen molar-refractivity contribution in [1.82, 2.24) is 14.5 Å². The minimum Gasteiger partial charge on any atom is -0.379 e. The number of thiophene rings is 1. The molecular formula is C18H25N3O2S. The number of hydrogen-bond donors (Lipinski definition) is 0. The molecular weight excluding hydrogens is 322 g/mol. The lowest BCUT2D eigenvalue weighted by molar-refractivity contribution is 0.0600. The molecule has 1 amide bonds. The molecule has 1 saturated heterocycles. The predicted molar refractivity (Wildman–Crippen MR) is 95.3 cm³/mol. The van der Waals surface area contributed by atoms with E-state index in [-0.39, 0.29) is 5.91 Å². The number of carbonyl (C=O) groups is 1. The van der Waals surface area contributed by atoms with E-state index in [4.69, 9.17) is 4.74 Å². The largest absolute Gasteiger partial charge is 0.379 e. The maximum atomic E-state index is 12.9. The molecule has 3 rings (SSSR count). The van der Waals surface area contributed by atoms with Crippen LogP contribution in [0.5, 0.6) is 0 Å². The first-order valence-electron chi connectivity index (χ1n) is 8.55. The molecule has 2 aromatic rings. The smallest absolute Gasteiger partial charge is 0.264 e. The van der Waals surface area contributed by atoms with Crippen LogP contribution in [0.4, 0.5) is 0 Å². The fourth-order valence-electron chi connectivity index (χ4n) is 3.35. The summed E-state index contributed by atoms with van der Waals surface area (Å²) in [4.78, 5) is 21.2. The lowest BCUT2D eigenvalue weighted by atomic mass is 9.99. The zero-order valence-corrected chi connectivity index (χ0v) is 15.2. The Morgan fingerprint density at radius 3 is 3.04 bits per heavy atom. The van der Waals surface area contributed by atoms with Gasteiger partial charge in [0.25, 0.3) is 5.91 Å². The van der Waals surface area contributed by atoms with Gasteiger partial charge in [-0.15, -0.1) is 11.3 Å². The van der Waals surface area contributed by atoms with Crippen LogP contribution in [-0.4, -0.2) is 40.1 Å². The van der Waals surface area contributed by atoms with Gasteiger partial charge >= 0.3 is 0 Å². The molecule has 130 valence electrons. The second kappa shape index (κ2) is 7.94.